The number of carbonyl (C=O) groups is 1. The van der Waals surface area contributed by atoms with Gasteiger partial charge in [-0.25, -0.2) is 9.78 Å². The number of anilines is 1. The molecule has 1 aliphatic rings. The summed E-state index contributed by atoms with van der Waals surface area (Å²) in [6, 6.07) is 16.6. The fourth-order valence-corrected chi connectivity index (χ4v) is 3.29. The van der Waals surface area contributed by atoms with Crippen molar-refractivity contribution in [3.05, 3.63) is 77.0 Å². The van der Waals surface area contributed by atoms with Crippen LogP contribution in [0.5, 0.6) is 11.6 Å². The Balaban J connectivity index is 1.59. The molecule has 0 saturated heterocycles. The Hall–Kier alpha value is -3.41. The second-order valence-electron chi connectivity index (χ2n) is 6.72. The van der Waals surface area contributed by atoms with Crippen molar-refractivity contribution in [2.45, 2.75) is 26.3 Å². The van der Waals surface area contributed by atoms with Crippen molar-refractivity contribution in [3.8, 4) is 11.6 Å². The van der Waals surface area contributed by atoms with Gasteiger partial charge in [-0.2, -0.15) is 4.98 Å². The Labute approximate surface area is 163 Å². The maximum atomic E-state index is 11.0. The van der Waals surface area contributed by atoms with Gasteiger partial charge in [-0.15, -0.1) is 0 Å². The minimum atomic E-state index is -0.963. The molecule has 28 heavy (non-hydrogen) atoms. The zero-order valence-corrected chi connectivity index (χ0v) is 15.6. The van der Waals surface area contributed by atoms with Crippen LogP contribution in [0.3, 0.4) is 0 Å². The molecule has 1 N–H and O–H groups in total. The summed E-state index contributed by atoms with van der Waals surface area (Å²) in [5.41, 5.74) is 3.80. The average molecular weight is 375 g/mol. The summed E-state index contributed by atoms with van der Waals surface area (Å²) in [5.74, 6) is 0.699. The van der Waals surface area contributed by atoms with Gasteiger partial charge in [0.2, 0.25) is 11.8 Å². The summed E-state index contributed by atoms with van der Waals surface area (Å²) in [5, 5.41) is 9.02. The number of fused-ring (bicyclic) bond motifs is 1. The number of rotatable bonds is 5. The quantitative estimate of drug-likeness (QED) is 0.724. The number of aryl methyl sites for hydroxylation is 1. The largest absolute Gasteiger partial charge is 0.478 e. The van der Waals surface area contributed by atoms with E-state index in [-0.39, 0.29) is 5.56 Å². The molecule has 3 aromatic rings. The average Bonchev–Trinajstić information content (AvgIpc) is 2.73. The number of aromatic nitrogens is 2. The molecule has 0 spiro atoms. The van der Waals surface area contributed by atoms with Crippen LogP contribution in [0.1, 0.15) is 34.1 Å². The highest BCUT2D eigenvalue weighted by molar-refractivity contribution is 5.87. The van der Waals surface area contributed by atoms with Crippen molar-refractivity contribution < 1.29 is 14.6 Å². The first kappa shape index (κ1) is 18.0. The lowest BCUT2D eigenvalue weighted by Gasteiger charge is -2.29. The first-order chi connectivity index (χ1) is 13.6. The molecular formula is C22H21N3O3. The molecule has 4 rings (SSSR count). The van der Waals surface area contributed by atoms with E-state index in [4.69, 9.17) is 9.84 Å². The number of hydrogen-bond acceptors (Lipinski definition) is 5. The van der Waals surface area contributed by atoms with E-state index in [1.807, 2.05) is 13.0 Å². The first-order valence-electron chi connectivity index (χ1n) is 9.33. The van der Waals surface area contributed by atoms with Crippen molar-refractivity contribution in [1.29, 1.82) is 0 Å². The van der Waals surface area contributed by atoms with E-state index >= 15 is 0 Å². The molecular weight excluding hydrogens is 354 g/mol. The van der Waals surface area contributed by atoms with E-state index in [0.717, 1.165) is 31.6 Å². The second-order valence-corrected chi connectivity index (χ2v) is 6.72. The van der Waals surface area contributed by atoms with Crippen LogP contribution in [0.15, 0.2) is 54.6 Å². The molecule has 6 nitrogen and oxygen atoms in total. The normalized spacial score (nSPS) is 13.1. The van der Waals surface area contributed by atoms with Crippen LogP contribution in [0.25, 0.3) is 0 Å². The Morgan fingerprint density at radius 2 is 1.86 bits per heavy atom. The Bertz CT molecular complexity index is 1000. The molecule has 0 fully saturated rings. The molecule has 0 saturated carbocycles. The number of aromatic carboxylic acids is 1. The highest BCUT2D eigenvalue weighted by Gasteiger charge is 2.19. The lowest BCUT2D eigenvalue weighted by Crippen LogP contribution is -2.32. The third-order valence-electron chi connectivity index (χ3n) is 4.84. The van der Waals surface area contributed by atoms with Gasteiger partial charge in [0.1, 0.15) is 5.75 Å². The minimum Gasteiger partial charge on any atom is -0.478 e. The van der Waals surface area contributed by atoms with Gasteiger partial charge in [-0.05, 0) is 48.2 Å². The number of benzene rings is 2. The first-order valence-corrected chi connectivity index (χ1v) is 9.33. The van der Waals surface area contributed by atoms with E-state index in [1.165, 1.54) is 23.3 Å². The summed E-state index contributed by atoms with van der Waals surface area (Å²) in [6.07, 6.45) is 1.73. The molecule has 1 aliphatic heterocycles. The van der Waals surface area contributed by atoms with E-state index in [2.05, 4.69) is 39.1 Å². The number of nitrogens with zero attached hydrogens (tertiary/aromatic N) is 3. The van der Waals surface area contributed by atoms with Gasteiger partial charge in [0, 0.05) is 24.8 Å². The van der Waals surface area contributed by atoms with Crippen molar-refractivity contribution in [2.24, 2.45) is 0 Å². The maximum Gasteiger partial charge on any atom is 0.335 e. The van der Waals surface area contributed by atoms with E-state index in [1.54, 1.807) is 12.1 Å². The molecule has 0 amide bonds. The van der Waals surface area contributed by atoms with Crippen LogP contribution in [0, 0.1) is 0 Å². The predicted molar refractivity (Wildman–Crippen MR) is 106 cm³/mol. The molecule has 142 valence electrons. The van der Waals surface area contributed by atoms with Gasteiger partial charge >= 0.3 is 5.97 Å². The van der Waals surface area contributed by atoms with E-state index < -0.39 is 5.97 Å². The molecule has 6 heteroatoms. The fraction of sp³-hybridized carbons (Fsp3) is 0.227. The molecule has 0 aliphatic carbocycles. The Morgan fingerprint density at radius 1 is 1.11 bits per heavy atom. The molecule has 1 aromatic heterocycles. The zero-order valence-electron chi connectivity index (χ0n) is 15.6. The lowest BCUT2D eigenvalue weighted by molar-refractivity contribution is 0.0697. The molecule has 0 bridgehead atoms. The summed E-state index contributed by atoms with van der Waals surface area (Å²) in [4.78, 5) is 22.5. The van der Waals surface area contributed by atoms with Crippen molar-refractivity contribution in [3.63, 3.8) is 0 Å². The van der Waals surface area contributed by atoms with Crippen molar-refractivity contribution in [2.75, 3.05) is 11.4 Å². The van der Waals surface area contributed by atoms with Crippen molar-refractivity contribution in [1.82, 2.24) is 9.97 Å². The standard InChI is InChI=1S/C22H21N3O3/c1-2-18-13-20(28-19-9-7-16(8-10-19)21(26)27)24-22(23-18)25-12-11-15-5-3-4-6-17(15)14-25/h3-10,13H,2,11-12,14H2,1H3,(H,26,27). The van der Waals surface area contributed by atoms with Crippen LogP contribution in [0.2, 0.25) is 0 Å². The monoisotopic (exact) mass is 375 g/mol. The number of carboxylic acids is 1. The highest BCUT2D eigenvalue weighted by Crippen LogP contribution is 2.26. The summed E-state index contributed by atoms with van der Waals surface area (Å²) >= 11 is 0. The molecule has 2 aromatic carbocycles. The van der Waals surface area contributed by atoms with Gasteiger partial charge in [0.05, 0.1) is 5.56 Å². The summed E-state index contributed by atoms with van der Waals surface area (Å²) in [6.45, 7) is 3.68. The third-order valence-corrected chi connectivity index (χ3v) is 4.84. The summed E-state index contributed by atoms with van der Waals surface area (Å²) in [7, 11) is 0. The second kappa shape index (κ2) is 7.68. The zero-order chi connectivity index (χ0) is 19.5. The molecule has 0 radical (unpaired) electrons. The number of hydrogen-bond donors (Lipinski definition) is 1. The fourth-order valence-electron chi connectivity index (χ4n) is 3.29. The van der Waals surface area contributed by atoms with Gasteiger partial charge in [-0.1, -0.05) is 31.2 Å². The van der Waals surface area contributed by atoms with Crippen molar-refractivity contribution >= 4 is 11.9 Å². The van der Waals surface area contributed by atoms with E-state index in [9.17, 15) is 4.79 Å². The number of carboxylic acid groups (broad SMARTS) is 1. The SMILES string of the molecule is CCc1cc(Oc2ccc(C(=O)O)cc2)nc(N2CCc3ccccc3C2)n1. The van der Waals surface area contributed by atoms with Crippen LogP contribution in [-0.4, -0.2) is 27.6 Å². The Morgan fingerprint density at radius 3 is 2.57 bits per heavy atom. The van der Waals surface area contributed by atoms with Gasteiger partial charge in [0.15, 0.2) is 0 Å². The lowest BCUT2D eigenvalue weighted by atomic mass is 10.0. The van der Waals surface area contributed by atoms with Gasteiger partial charge in [0.25, 0.3) is 0 Å². The maximum absolute atomic E-state index is 11.0. The van der Waals surface area contributed by atoms with Crippen LogP contribution in [-0.2, 0) is 19.4 Å². The smallest absolute Gasteiger partial charge is 0.335 e. The third kappa shape index (κ3) is 3.81. The molecule has 0 unspecified atom stereocenters. The molecule has 2 heterocycles. The van der Waals surface area contributed by atoms with Crippen LogP contribution < -0.4 is 9.64 Å². The highest BCUT2D eigenvalue weighted by atomic mass is 16.5. The van der Waals surface area contributed by atoms with E-state index in [0.29, 0.717) is 17.6 Å². The topological polar surface area (TPSA) is 75.6 Å². The Kier molecular flexibility index (Phi) is 4.93. The van der Waals surface area contributed by atoms with Gasteiger partial charge < -0.3 is 14.7 Å². The minimum absolute atomic E-state index is 0.219. The molecule has 0 atom stereocenters. The number of ether oxygens (including phenoxy) is 1. The van der Waals surface area contributed by atoms with Gasteiger partial charge in [-0.3, -0.25) is 0 Å². The summed E-state index contributed by atoms with van der Waals surface area (Å²) < 4.78 is 5.89. The van der Waals surface area contributed by atoms with Crippen LogP contribution in [0.4, 0.5) is 5.95 Å². The predicted octanol–water partition coefficient (Wildman–Crippen LogP) is 4.09. The van der Waals surface area contributed by atoms with Crippen LogP contribution >= 0.6 is 0 Å².